The van der Waals surface area contributed by atoms with E-state index in [1.807, 2.05) is 0 Å². The van der Waals surface area contributed by atoms with Gasteiger partial charge in [-0.05, 0) is 18.6 Å². The molecule has 3 fully saturated rings. The Labute approximate surface area is 161 Å². The van der Waals surface area contributed by atoms with Gasteiger partial charge in [0, 0.05) is 13.8 Å². The zero-order valence-electron chi connectivity index (χ0n) is 16.1. The van der Waals surface area contributed by atoms with E-state index in [1.54, 1.807) is 19.9 Å². The second-order valence-corrected chi connectivity index (χ2v) is 8.32. The maximum absolute atomic E-state index is 12.8. The van der Waals surface area contributed by atoms with E-state index in [-0.39, 0.29) is 13.2 Å². The highest BCUT2D eigenvalue weighted by Gasteiger charge is 2.87. The van der Waals surface area contributed by atoms with Gasteiger partial charge in [-0.15, -0.1) is 0 Å². The highest BCUT2D eigenvalue weighted by molar-refractivity contribution is 6.00. The van der Waals surface area contributed by atoms with Crippen LogP contribution in [0.5, 0.6) is 0 Å². The fourth-order valence-corrected chi connectivity index (χ4v) is 5.56. The summed E-state index contributed by atoms with van der Waals surface area (Å²) in [6.45, 7) is 5.52. The van der Waals surface area contributed by atoms with Gasteiger partial charge in [0.15, 0.2) is 5.78 Å². The number of esters is 2. The molecule has 9 nitrogen and oxygen atoms in total. The normalized spacial score (nSPS) is 48.7. The minimum atomic E-state index is -1.60. The standard InChI is InChI=1S/C19H24O9/c1-8-5-11-18(6-25-9(2)20,14(24)12(8)22)17(4)15(27-10(3)21)13(23)16(28-11)19(17)7-26-19/h5,11,13-16,23-24H,6-7H2,1-4H3/t11-,13-,14-,15-,16-,17-,18-,19+/m1/s1. The van der Waals surface area contributed by atoms with Gasteiger partial charge in [-0.1, -0.05) is 6.92 Å². The summed E-state index contributed by atoms with van der Waals surface area (Å²) in [6, 6.07) is 0. The molecule has 0 aromatic rings. The molecule has 2 heterocycles. The number of rotatable bonds is 3. The first-order valence-corrected chi connectivity index (χ1v) is 9.21. The Morgan fingerprint density at radius 1 is 1.29 bits per heavy atom. The quantitative estimate of drug-likeness (QED) is 0.468. The molecule has 28 heavy (non-hydrogen) atoms. The summed E-state index contributed by atoms with van der Waals surface area (Å²) in [5, 5.41) is 22.1. The second-order valence-electron chi connectivity index (χ2n) is 8.32. The van der Waals surface area contributed by atoms with Crippen LogP contribution in [0.1, 0.15) is 27.7 Å². The number of carbonyl (C=O) groups is 3. The van der Waals surface area contributed by atoms with Crippen LogP contribution < -0.4 is 0 Å². The Balaban J connectivity index is 1.94. The molecule has 0 aromatic carbocycles. The first-order chi connectivity index (χ1) is 13.0. The highest BCUT2D eigenvalue weighted by Crippen LogP contribution is 2.71. The molecule has 0 unspecified atom stereocenters. The van der Waals surface area contributed by atoms with E-state index < -0.39 is 64.7 Å². The van der Waals surface area contributed by atoms with Gasteiger partial charge >= 0.3 is 11.9 Å². The van der Waals surface area contributed by atoms with Gasteiger partial charge < -0.3 is 29.2 Å². The van der Waals surface area contributed by atoms with Crippen molar-refractivity contribution in [3.8, 4) is 0 Å². The van der Waals surface area contributed by atoms with Gasteiger partial charge in [-0.3, -0.25) is 14.4 Å². The molecule has 2 aliphatic carbocycles. The van der Waals surface area contributed by atoms with Crippen molar-refractivity contribution in [3.05, 3.63) is 11.6 Å². The van der Waals surface area contributed by atoms with Crippen LogP contribution in [0.3, 0.4) is 0 Å². The van der Waals surface area contributed by atoms with Crippen LogP contribution >= 0.6 is 0 Å². The van der Waals surface area contributed by atoms with Crippen molar-refractivity contribution >= 4 is 17.7 Å². The molecule has 1 spiro atoms. The number of ketones is 1. The predicted octanol–water partition coefficient (Wildman–Crippen LogP) is -0.725. The van der Waals surface area contributed by atoms with E-state index in [1.165, 1.54) is 13.8 Å². The smallest absolute Gasteiger partial charge is 0.303 e. The molecule has 154 valence electrons. The van der Waals surface area contributed by atoms with E-state index in [4.69, 9.17) is 18.9 Å². The maximum atomic E-state index is 12.8. The molecule has 0 radical (unpaired) electrons. The average Bonchev–Trinajstić information content (AvgIpc) is 3.39. The highest BCUT2D eigenvalue weighted by atomic mass is 16.7. The number of Topliss-reactive ketones (excluding diaryl/α,β-unsaturated/α-hetero) is 1. The molecule has 0 amide bonds. The molecule has 4 aliphatic rings. The van der Waals surface area contributed by atoms with E-state index >= 15 is 0 Å². The number of aliphatic hydroxyl groups excluding tert-OH is 2. The van der Waals surface area contributed by atoms with E-state index in [0.717, 1.165) is 0 Å². The van der Waals surface area contributed by atoms with Crippen molar-refractivity contribution in [1.82, 2.24) is 0 Å². The number of aliphatic hydroxyl groups is 2. The number of carbonyl (C=O) groups excluding carboxylic acids is 3. The molecule has 9 heteroatoms. The lowest BCUT2D eigenvalue weighted by molar-refractivity contribution is -0.257. The molecule has 0 aromatic heterocycles. The Bertz CT molecular complexity index is 784. The zero-order valence-corrected chi connectivity index (χ0v) is 16.1. The minimum Gasteiger partial charge on any atom is -0.465 e. The lowest BCUT2D eigenvalue weighted by Crippen LogP contribution is -2.72. The second kappa shape index (κ2) is 5.85. The Hall–Kier alpha value is -1.81. The van der Waals surface area contributed by atoms with Gasteiger partial charge in [0.05, 0.1) is 23.5 Å². The van der Waals surface area contributed by atoms with Gasteiger partial charge in [-0.2, -0.15) is 0 Å². The predicted molar refractivity (Wildman–Crippen MR) is 90.8 cm³/mol. The largest absolute Gasteiger partial charge is 0.465 e. The summed E-state index contributed by atoms with van der Waals surface area (Å²) in [5.74, 6) is -1.76. The molecule has 2 saturated heterocycles. The molecule has 2 N–H and O–H groups in total. The Morgan fingerprint density at radius 3 is 2.46 bits per heavy atom. The molecular formula is C19H24O9. The van der Waals surface area contributed by atoms with Crippen molar-refractivity contribution in [3.63, 3.8) is 0 Å². The number of hydrogen-bond acceptors (Lipinski definition) is 9. The van der Waals surface area contributed by atoms with Crippen molar-refractivity contribution in [2.45, 2.75) is 63.8 Å². The van der Waals surface area contributed by atoms with Gasteiger partial charge in [0.1, 0.15) is 36.6 Å². The molecule has 4 rings (SSSR count). The molecule has 2 aliphatic heterocycles. The van der Waals surface area contributed by atoms with E-state index in [9.17, 15) is 24.6 Å². The summed E-state index contributed by atoms with van der Waals surface area (Å²) in [7, 11) is 0. The average molecular weight is 396 g/mol. The van der Waals surface area contributed by atoms with Crippen molar-refractivity contribution in [2.24, 2.45) is 10.8 Å². The Kier molecular flexibility index (Phi) is 4.08. The van der Waals surface area contributed by atoms with Gasteiger partial charge in [0.2, 0.25) is 0 Å². The minimum absolute atomic E-state index is 0.196. The summed E-state index contributed by atoms with van der Waals surface area (Å²) in [5.41, 5.74) is -3.51. The molecule has 8 atom stereocenters. The molecular weight excluding hydrogens is 372 g/mol. The summed E-state index contributed by atoms with van der Waals surface area (Å²) in [4.78, 5) is 36.2. The van der Waals surface area contributed by atoms with Crippen LogP contribution in [0.2, 0.25) is 0 Å². The first kappa shape index (κ1) is 19.5. The lowest BCUT2D eigenvalue weighted by atomic mass is 9.50. The fraction of sp³-hybridized carbons (Fsp3) is 0.737. The van der Waals surface area contributed by atoms with Crippen LogP contribution in [0.15, 0.2) is 11.6 Å². The van der Waals surface area contributed by atoms with Crippen molar-refractivity contribution in [1.29, 1.82) is 0 Å². The number of epoxide rings is 1. The maximum Gasteiger partial charge on any atom is 0.303 e. The molecule has 1 saturated carbocycles. The van der Waals surface area contributed by atoms with Crippen LogP contribution in [-0.2, 0) is 33.3 Å². The van der Waals surface area contributed by atoms with Crippen LogP contribution in [-0.4, -0.2) is 77.3 Å². The number of fused-ring (bicyclic) bond motifs is 2. The van der Waals surface area contributed by atoms with E-state index in [0.29, 0.717) is 5.57 Å². The van der Waals surface area contributed by atoms with Crippen LogP contribution in [0, 0.1) is 10.8 Å². The van der Waals surface area contributed by atoms with Crippen LogP contribution in [0.4, 0.5) is 0 Å². The number of ether oxygens (including phenoxy) is 4. The monoisotopic (exact) mass is 396 g/mol. The third kappa shape index (κ3) is 2.07. The van der Waals surface area contributed by atoms with Crippen molar-refractivity contribution in [2.75, 3.05) is 13.2 Å². The summed E-state index contributed by atoms with van der Waals surface area (Å²) < 4.78 is 22.6. The summed E-state index contributed by atoms with van der Waals surface area (Å²) in [6.07, 6.45) is -4.04. The van der Waals surface area contributed by atoms with Gasteiger partial charge in [0.25, 0.3) is 0 Å². The zero-order chi connectivity index (χ0) is 20.6. The SMILES string of the molecule is CC(=O)OC[C@]12[C@H](O)C(=O)C(C)=C[C@H]1O[C@@H]1[C@H](O)[C@@H](OC(C)=O)[C@@]2(C)[C@]12CO2. The molecule has 2 bridgehead atoms. The summed E-state index contributed by atoms with van der Waals surface area (Å²) >= 11 is 0. The third-order valence-electron chi connectivity index (χ3n) is 7.08. The van der Waals surface area contributed by atoms with Crippen LogP contribution in [0.25, 0.3) is 0 Å². The fourth-order valence-electron chi connectivity index (χ4n) is 5.56. The van der Waals surface area contributed by atoms with Gasteiger partial charge in [-0.25, -0.2) is 0 Å². The van der Waals surface area contributed by atoms with E-state index in [2.05, 4.69) is 0 Å². The number of hydrogen-bond donors (Lipinski definition) is 2. The lowest BCUT2D eigenvalue weighted by Gasteiger charge is -2.58. The Morgan fingerprint density at radius 2 is 1.93 bits per heavy atom. The third-order valence-corrected chi connectivity index (χ3v) is 7.08. The first-order valence-electron chi connectivity index (χ1n) is 9.21. The topological polar surface area (TPSA) is 132 Å². The van der Waals surface area contributed by atoms with Crippen molar-refractivity contribution < 1.29 is 43.5 Å².